The van der Waals surface area contributed by atoms with Crippen molar-refractivity contribution in [1.29, 1.82) is 0 Å². The van der Waals surface area contributed by atoms with E-state index in [0.717, 1.165) is 8.66 Å². The molecule has 0 atom stereocenters. The van der Waals surface area contributed by atoms with Gasteiger partial charge in [0.1, 0.15) is 0 Å². The molecule has 0 saturated carbocycles. The fourth-order valence-corrected chi connectivity index (χ4v) is 4.06. The topological polar surface area (TPSA) is 49.4 Å². The van der Waals surface area contributed by atoms with Crippen LogP contribution in [0.2, 0.25) is 0 Å². The van der Waals surface area contributed by atoms with Crippen molar-refractivity contribution in [1.82, 2.24) is 10.2 Å². The number of hydrogen-bond donors (Lipinski definition) is 1. The average molecular weight is 401 g/mol. The van der Waals surface area contributed by atoms with Crippen LogP contribution in [0.15, 0.2) is 32.7 Å². The Morgan fingerprint density at radius 1 is 1.32 bits per heavy atom. The Labute approximate surface area is 146 Å². The van der Waals surface area contributed by atoms with Crippen LogP contribution >= 0.6 is 38.6 Å². The summed E-state index contributed by atoms with van der Waals surface area (Å²) in [6.07, 6.45) is 1.08. The summed E-state index contributed by atoms with van der Waals surface area (Å²) in [6, 6.07) is 5.79. The Bertz CT molecular complexity index is 625. The number of rotatable bonds is 7. The van der Waals surface area contributed by atoms with Crippen molar-refractivity contribution >= 4 is 50.4 Å². The molecule has 0 saturated heterocycles. The predicted molar refractivity (Wildman–Crippen MR) is 94.4 cm³/mol. The summed E-state index contributed by atoms with van der Waals surface area (Å²) < 4.78 is 1.07. The van der Waals surface area contributed by atoms with E-state index in [-0.39, 0.29) is 11.8 Å². The molecule has 0 aliphatic heterocycles. The average Bonchev–Trinajstić information content (AvgIpc) is 3.14. The number of carbonyl (C=O) groups excluding carboxylic acids is 2. The highest BCUT2D eigenvalue weighted by atomic mass is 79.9. The highest BCUT2D eigenvalue weighted by Gasteiger charge is 2.11. The summed E-state index contributed by atoms with van der Waals surface area (Å²) in [5, 5.41) is 6.51. The quantitative estimate of drug-likeness (QED) is 0.719. The molecule has 7 heteroatoms. The largest absolute Gasteiger partial charge is 0.352 e. The molecule has 0 radical (unpaired) electrons. The minimum absolute atomic E-state index is 0.0783. The van der Waals surface area contributed by atoms with E-state index in [9.17, 15) is 9.59 Å². The van der Waals surface area contributed by atoms with E-state index in [1.165, 1.54) is 11.3 Å². The summed E-state index contributed by atoms with van der Waals surface area (Å²) in [4.78, 5) is 26.6. The number of nitrogens with one attached hydrogen (secondary N) is 1. The zero-order valence-electron chi connectivity index (χ0n) is 12.2. The van der Waals surface area contributed by atoms with Crippen LogP contribution in [0.1, 0.15) is 28.1 Å². The Kier molecular flexibility index (Phi) is 6.60. The van der Waals surface area contributed by atoms with Crippen molar-refractivity contribution in [3.05, 3.63) is 43.2 Å². The van der Waals surface area contributed by atoms with E-state index in [1.54, 1.807) is 29.4 Å². The van der Waals surface area contributed by atoms with Crippen LogP contribution < -0.4 is 5.32 Å². The van der Waals surface area contributed by atoms with Crippen LogP contribution in [-0.2, 0) is 11.3 Å². The second kappa shape index (κ2) is 8.45. The normalized spacial score (nSPS) is 10.5. The third kappa shape index (κ3) is 5.23. The lowest BCUT2D eigenvalue weighted by atomic mass is 10.2. The molecule has 1 N–H and O–H groups in total. The number of thiophene rings is 2. The molecule has 2 aromatic heterocycles. The lowest BCUT2D eigenvalue weighted by Gasteiger charge is -2.16. The molecule has 2 heterocycles. The highest BCUT2D eigenvalue weighted by Crippen LogP contribution is 2.23. The molecule has 2 amide bonds. The molecule has 0 spiro atoms. The predicted octanol–water partition coefficient (Wildman–Crippen LogP) is 3.74. The molecule has 2 rings (SSSR count). The molecule has 0 aromatic carbocycles. The number of carbonyl (C=O) groups is 2. The fourth-order valence-electron chi connectivity index (χ4n) is 1.89. The summed E-state index contributed by atoms with van der Waals surface area (Å²) in [6.45, 7) is 1.13. The Morgan fingerprint density at radius 3 is 2.77 bits per heavy atom. The van der Waals surface area contributed by atoms with Gasteiger partial charge in [-0.15, -0.1) is 11.3 Å². The van der Waals surface area contributed by atoms with Crippen molar-refractivity contribution in [3.63, 3.8) is 0 Å². The number of halogens is 1. The summed E-state index contributed by atoms with van der Waals surface area (Å²) >= 11 is 6.54. The van der Waals surface area contributed by atoms with E-state index in [4.69, 9.17) is 0 Å². The second-order valence-corrected chi connectivity index (χ2v) is 8.15. The van der Waals surface area contributed by atoms with E-state index in [2.05, 4.69) is 21.2 Å². The minimum Gasteiger partial charge on any atom is -0.352 e. The third-order valence-electron chi connectivity index (χ3n) is 3.08. The molecule has 0 aliphatic rings. The summed E-state index contributed by atoms with van der Waals surface area (Å²) in [5.74, 6) is 0.0137. The maximum Gasteiger partial charge on any atom is 0.252 e. The van der Waals surface area contributed by atoms with Crippen LogP contribution in [0.4, 0.5) is 0 Å². The van der Waals surface area contributed by atoms with Crippen LogP contribution in [0.3, 0.4) is 0 Å². The molecular weight excluding hydrogens is 384 g/mol. The van der Waals surface area contributed by atoms with Gasteiger partial charge in [0.05, 0.1) is 10.3 Å². The first-order valence-electron chi connectivity index (χ1n) is 6.85. The first kappa shape index (κ1) is 17.2. The summed E-state index contributed by atoms with van der Waals surface area (Å²) in [7, 11) is 1.81. The van der Waals surface area contributed by atoms with Crippen LogP contribution in [0.5, 0.6) is 0 Å². The van der Waals surface area contributed by atoms with Crippen molar-refractivity contribution in [3.8, 4) is 0 Å². The van der Waals surface area contributed by atoms with Gasteiger partial charge in [-0.25, -0.2) is 0 Å². The molecule has 22 heavy (non-hydrogen) atoms. The van der Waals surface area contributed by atoms with E-state index in [1.807, 2.05) is 22.9 Å². The molecule has 0 bridgehead atoms. The van der Waals surface area contributed by atoms with Gasteiger partial charge in [0.25, 0.3) is 5.91 Å². The lowest BCUT2D eigenvalue weighted by molar-refractivity contribution is -0.130. The number of hydrogen-bond acceptors (Lipinski definition) is 4. The Morgan fingerprint density at radius 2 is 2.14 bits per heavy atom. The van der Waals surface area contributed by atoms with Gasteiger partial charge >= 0.3 is 0 Å². The standard InChI is InChI=1S/C15H17BrN2O2S2/c1-18(9-12-4-5-13(16)22-12)14(19)3-2-7-17-15(20)11-6-8-21-10-11/h4-6,8,10H,2-3,7,9H2,1H3,(H,17,20). The third-order valence-corrected chi connectivity index (χ3v) is 5.38. The smallest absolute Gasteiger partial charge is 0.252 e. The maximum absolute atomic E-state index is 12.0. The molecule has 4 nitrogen and oxygen atoms in total. The first-order valence-corrected chi connectivity index (χ1v) is 9.40. The molecule has 118 valence electrons. The second-order valence-electron chi connectivity index (χ2n) is 4.83. The van der Waals surface area contributed by atoms with Crippen LogP contribution in [0.25, 0.3) is 0 Å². The molecule has 0 unspecified atom stereocenters. The van der Waals surface area contributed by atoms with Crippen LogP contribution in [0, 0.1) is 0 Å². The summed E-state index contributed by atoms with van der Waals surface area (Å²) in [5.41, 5.74) is 0.678. The SMILES string of the molecule is CN(Cc1ccc(Br)s1)C(=O)CCCNC(=O)c1ccsc1. The van der Waals surface area contributed by atoms with Crippen LogP contribution in [-0.4, -0.2) is 30.3 Å². The van der Waals surface area contributed by atoms with E-state index in [0.29, 0.717) is 31.5 Å². The maximum atomic E-state index is 12.0. The van der Waals surface area contributed by atoms with Gasteiger partial charge in [-0.2, -0.15) is 11.3 Å². The Balaban J connectivity index is 1.65. The minimum atomic E-state index is -0.0783. The van der Waals surface area contributed by atoms with Gasteiger partial charge < -0.3 is 10.2 Å². The fraction of sp³-hybridized carbons (Fsp3) is 0.333. The van der Waals surface area contributed by atoms with Gasteiger partial charge in [0.15, 0.2) is 0 Å². The van der Waals surface area contributed by atoms with Crippen molar-refractivity contribution in [2.45, 2.75) is 19.4 Å². The molecule has 2 aromatic rings. The molecular formula is C15H17BrN2O2S2. The van der Waals surface area contributed by atoms with Gasteiger partial charge in [0.2, 0.25) is 5.91 Å². The Hall–Kier alpha value is -1.18. The van der Waals surface area contributed by atoms with E-state index >= 15 is 0 Å². The number of amides is 2. The number of nitrogens with zero attached hydrogens (tertiary/aromatic N) is 1. The lowest BCUT2D eigenvalue weighted by Crippen LogP contribution is -2.28. The highest BCUT2D eigenvalue weighted by molar-refractivity contribution is 9.11. The van der Waals surface area contributed by atoms with Crippen molar-refractivity contribution < 1.29 is 9.59 Å². The van der Waals surface area contributed by atoms with E-state index < -0.39 is 0 Å². The van der Waals surface area contributed by atoms with Crippen molar-refractivity contribution in [2.24, 2.45) is 0 Å². The van der Waals surface area contributed by atoms with Gasteiger partial charge in [0, 0.05) is 35.8 Å². The molecule has 0 aliphatic carbocycles. The first-order chi connectivity index (χ1) is 10.6. The van der Waals surface area contributed by atoms with Gasteiger partial charge in [-0.3, -0.25) is 9.59 Å². The monoisotopic (exact) mass is 400 g/mol. The van der Waals surface area contributed by atoms with Gasteiger partial charge in [-0.05, 0) is 45.9 Å². The zero-order chi connectivity index (χ0) is 15.9. The zero-order valence-corrected chi connectivity index (χ0v) is 15.4. The van der Waals surface area contributed by atoms with Crippen molar-refractivity contribution in [2.75, 3.05) is 13.6 Å². The van der Waals surface area contributed by atoms with Gasteiger partial charge in [-0.1, -0.05) is 0 Å². The molecule has 0 fully saturated rings.